The molecule has 23 heavy (non-hydrogen) atoms. The van der Waals surface area contributed by atoms with Gasteiger partial charge >= 0.3 is 0 Å². The van der Waals surface area contributed by atoms with Gasteiger partial charge in [0.2, 0.25) is 11.8 Å². The van der Waals surface area contributed by atoms with Gasteiger partial charge in [0, 0.05) is 12.1 Å². The van der Waals surface area contributed by atoms with Crippen LogP contribution >= 0.6 is 0 Å². The lowest BCUT2D eigenvalue weighted by atomic mass is 10.1. The predicted molar refractivity (Wildman–Crippen MR) is 82.8 cm³/mol. The Labute approximate surface area is 132 Å². The molecule has 0 aliphatic heterocycles. The van der Waals surface area contributed by atoms with E-state index in [9.17, 15) is 19.1 Å². The number of primary amides is 1. The smallest absolute Gasteiger partial charge is 0.248 e. The Kier molecular flexibility index (Phi) is 5.43. The van der Waals surface area contributed by atoms with Crippen LogP contribution in [0.3, 0.4) is 0 Å². The number of aliphatic hydroxyl groups excluding tert-OH is 1. The van der Waals surface area contributed by atoms with E-state index in [1.165, 1.54) is 18.2 Å². The standard InChI is InChI=1S/C17H17FN2O3/c18-14-3-1-2-13(8-14)15(21)9-16(22)20-10-11-4-6-12(7-5-11)17(19)23/h1-8,15,21H,9-10H2,(H2,19,23)(H,20,22). The van der Waals surface area contributed by atoms with Gasteiger partial charge in [0.25, 0.3) is 0 Å². The molecule has 0 fully saturated rings. The normalized spacial score (nSPS) is 11.7. The summed E-state index contributed by atoms with van der Waals surface area (Å²) in [6.45, 7) is 0.258. The van der Waals surface area contributed by atoms with Gasteiger partial charge in [0.15, 0.2) is 0 Å². The molecular weight excluding hydrogens is 299 g/mol. The van der Waals surface area contributed by atoms with E-state index in [0.29, 0.717) is 11.1 Å². The first kappa shape index (κ1) is 16.6. The van der Waals surface area contributed by atoms with Crippen molar-refractivity contribution in [1.29, 1.82) is 0 Å². The Morgan fingerprint density at radius 2 is 1.87 bits per heavy atom. The summed E-state index contributed by atoms with van der Waals surface area (Å²) in [7, 11) is 0. The van der Waals surface area contributed by atoms with Crippen LogP contribution in [-0.4, -0.2) is 16.9 Å². The number of nitrogens with one attached hydrogen (secondary N) is 1. The Hall–Kier alpha value is -2.73. The number of aliphatic hydroxyl groups is 1. The molecule has 2 amide bonds. The maximum absolute atomic E-state index is 13.1. The number of nitrogens with two attached hydrogens (primary N) is 1. The van der Waals surface area contributed by atoms with Crippen LogP contribution in [0.5, 0.6) is 0 Å². The van der Waals surface area contributed by atoms with Crippen molar-refractivity contribution in [3.63, 3.8) is 0 Å². The average molecular weight is 316 g/mol. The number of halogens is 1. The van der Waals surface area contributed by atoms with E-state index >= 15 is 0 Å². The van der Waals surface area contributed by atoms with Crippen LogP contribution in [0, 0.1) is 5.82 Å². The predicted octanol–water partition coefficient (Wildman–Crippen LogP) is 1.66. The second-order valence-corrected chi connectivity index (χ2v) is 5.11. The fourth-order valence-electron chi connectivity index (χ4n) is 2.07. The van der Waals surface area contributed by atoms with Gasteiger partial charge in [0.05, 0.1) is 12.5 Å². The van der Waals surface area contributed by atoms with Gasteiger partial charge in [-0.2, -0.15) is 0 Å². The van der Waals surface area contributed by atoms with Gasteiger partial charge in [-0.3, -0.25) is 9.59 Å². The van der Waals surface area contributed by atoms with E-state index in [-0.39, 0.29) is 18.9 Å². The van der Waals surface area contributed by atoms with E-state index in [0.717, 1.165) is 5.56 Å². The highest BCUT2D eigenvalue weighted by atomic mass is 19.1. The van der Waals surface area contributed by atoms with Crippen LogP contribution in [0.15, 0.2) is 48.5 Å². The third kappa shape index (κ3) is 4.89. The highest BCUT2D eigenvalue weighted by Crippen LogP contribution is 2.17. The zero-order valence-electron chi connectivity index (χ0n) is 12.3. The molecule has 1 unspecified atom stereocenters. The van der Waals surface area contributed by atoms with E-state index in [2.05, 4.69) is 5.32 Å². The Bertz CT molecular complexity index is 701. The Balaban J connectivity index is 1.86. The van der Waals surface area contributed by atoms with Gasteiger partial charge in [-0.15, -0.1) is 0 Å². The largest absolute Gasteiger partial charge is 0.388 e. The molecule has 4 N–H and O–H groups in total. The lowest BCUT2D eigenvalue weighted by Crippen LogP contribution is -2.24. The summed E-state index contributed by atoms with van der Waals surface area (Å²) in [5.41, 5.74) is 6.68. The second kappa shape index (κ2) is 7.51. The number of rotatable bonds is 6. The lowest BCUT2D eigenvalue weighted by Gasteiger charge is -2.11. The van der Waals surface area contributed by atoms with Gasteiger partial charge in [-0.25, -0.2) is 4.39 Å². The molecule has 2 aromatic carbocycles. The molecule has 0 radical (unpaired) electrons. The summed E-state index contributed by atoms with van der Waals surface area (Å²) < 4.78 is 13.1. The van der Waals surface area contributed by atoms with E-state index < -0.39 is 17.8 Å². The molecule has 5 nitrogen and oxygen atoms in total. The van der Waals surface area contributed by atoms with Crippen molar-refractivity contribution in [3.8, 4) is 0 Å². The topological polar surface area (TPSA) is 92.4 Å². The number of benzene rings is 2. The molecule has 0 aliphatic carbocycles. The van der Waals surface area contributed by atoms with Crippen molar-refractivity contribution in [2.24, 2.45) is 5.73 Å². The minimum Gasteiger partial charge on any atom is -0.388 e. The second-order valence-electron chi connectivity index (χ2n) is 5.11. The van der Waals surface area contributed by atoms with Crippen LogP contribution < -0.4 is 11.1 Å². The zero-order chi connectivity index (χ0) is 16.8. The van der Waals surface area contributed by atoms with Gasteiger partial charge in [-0.05, 0) is 35.4 Å². The Morgan fingerprint density at radius 3 is 2.48 bits per heavy atom. The van der Waals surface area contributed by atoms with Crippen molar-refractivity contribution in [2.45, 2.75) is 19.1 Å². The summed E-state index contributed by atoms with van der Waals surface area (Å²) in [6, 6.07) is 12.0. The van der Waals surface area contributed by atoms with Gasteiger partial charge in [0.1, 0.15) is 5.82 Å². The molecule has 2 rings (SSSR count). The summed E-state index contributed by atoms with van der Waals surface area (Å²) in [5.74, 6) is -1.34. The van der Waals surface area contributed by atoms with E-state index in [1.807, 2.05) is 0 Å². The molecule has 0 heterocycles. The third-order valence-electron chi connectivity index (χ3n) is 3.34. The van der Waals surface area contributed by atoms with Crippen LogP contribution in [0.2, 0.25) is 0 Å². The fraction of sp³-hybridized carbons (Fsp3) is 0.176. The Morgan fingerprint density at radius 1 is 1.17 bits per heavy atom. The summed E-state index contributed by atoms with van der Waals surface area (Å²) in [6.07, 6.45) is -1.23. The molecule has 0 saturated carbocycles. The number of amides is 2. The molecule has 0 saturated heterocycles. The van der Waals surface area contributed by atoms with Crippen LogP contribution in [-0.2, 0) is 11.3 Å². The summed E-state index contributed by atoms with van der Waals surface area (Å²) in [4.78, 5) is 22.8. The third-order valence-corrected chi connectivity index (χ3v) is 3.34. The van der Waals surface area contributed by atoms with Crippen molar-refractivity contribution in [2.75, 3.05) is 0 Å². The minimum absolute atomic E-state index is 0.164. The highest BCUT2D eigenvalue weighted by Gasteiger charge is 2.13. The minimum atomic E-state index is -1.07. The van der Waals surface area contributed by atoms with Crippen molar-refractivity contribution >= 4 is 11.8 Å². The maximum atomic E-state index is 13.1. The maximum Gasteiger partial charge on any atom is 0.248 e. The number of hydrogen-bond donors (Lipinski definition) is 3. The van der Waals surface area contributed by atoms with Crippen LogP contribution in [0.25, 0.3) is 0 Å². The monoisotopic (exact) mass is 316 g/mol. The molecule has 1 atom stereocenters. The SMILES string of the molecule is NC(=O)c1ccc(CNC(=O)CC(O)c2cccc(F)c2)cc1. The first-order valence-electron chi connectivity index (χ1n) is 7.04. The molecule has 120 valence electrons. The number of carbonyl (C=O) groups excluding carboxylic acids is 2. The average Bonchev–Trinajstić information content (AvgIpc) is 2.53. The number of carbonyl (C=O) groups is 2. The summed E-state index contributed by atoms with van der Waals surface area (Å²) >= 11 is 0. The molecular formula is C17H17FN2O3. The van der Waals surface area contributed by atoms with Crippen molar-refractivity contribution in [1.82, 2.24) is 5.32 Å². The first-order chi connectivity index (χ1) is 11.0. The molecule has 6 heteroatoms. The van der Waals surface area contributed by atoms with Gasteiger partial charge in [-0.1, -0.05) is 24.3 Å². The van der Waals surface area contributed by atoms with E-state index in [1.54, 1.807) is 30.3 Å². The fourth-order valence-corrected chi connectivity index (χ4v) is 2.07. The molecule has 0 bridgehead atoms. The molecule has 2 aromatic rings. The molecule has 0 spiro atoms. The highest BCUT2D eigenvalue weighted by molar-refractivity contribution is 5.92. The first-order valence-corrected chi connectivity index (χ1v) is 7.04. The quantitative estimate of drug-likeness (QED) is 0.757. The molecule has 0 aromatic heterocycles. The van der Waals surface area contributed by atoms with E-state index in [4.69, 9.17) is 5.73 Å². The lowest BCUT2D eigenvalue weighted by molar-refractivity contribution is -0.123. The molecule has 0 aliphatic rings. The van der Waals surface area contributed by atoms with Crippen molar-refractivity contribution < 1.29 is 19.1 Å². The van der Waals surface area contributed by atoms with Crippen molar-refractivity contribution in [3.05, 3.63) is 71.0 Å². The zero-order valence-corrected chi connectivity index (χ0v) is 12.3. The van der Waals surface area contributed by atoms with Crippen LogP contribution in [0.4, 0.5) is 4.39 Å². The summed E-state index contributed by atoms with van der Waals surface area (Å²) in [5, 5.41) is 12.6. The van der Waals surface area contributed by atoms with Gasteiger partial charge < -0.3 is 16.2 Å². The van der Waals surface area contributed by atoms with Crippen LogP contribution in [0.1, 0.15) is 34.0 Å². The number of hydrogen-bond acceptors (Lipinski definition) is 3.